The molecule has 0 aliphatic rings. The predicted molar refractivity (Wildman–Crippen MR) is 95.1 cm³/mol. The van der Waals surface area contributed by atoms with Crippen molar-refractivity contribution in [1.29, 1.82) is 0 Å². The molecule has 0 fully saturated rings. The molecule has 1 amide bonds. The van der Waals surface area contributed by atoms with Gasteiger partial charge in [0.05, 0.1) is 6.04 Å². The zero-order chi connectivity index (χ0) is 17.5. The molecule has 1 unspecified atom stereocenters. The number of hydrogen-bond acceptors (Lipinski definition) is 6. The van der Waals surface area contributed by atoms with E-state index in [1.807, 2.05) is 34.0 Å². The van der Waals surface area contributed by atoms with Crippen LogP contribution in [0.2, 0.25) is 0 Å². The average Bonchev–Trinajstić information content (AvgIpc) is 3.18. The van der Waals surface area contributed by atoms with E-state index in [0.717, 1.165) is 5.82 Å². The van der Waals surface area contributed by atoms with E-state index < -0.39 is 0 Å². The normalized spacial score (nSPS) is 12.8. The molecule has 7 heteroatoms. The largest absolute Gasteiger partial charge is 0.354 e. The Balaban J connectivity index is 1.72. The molecule has 6 nitrogen and oxygen atoms in total. The summed E-state index contributed by atoms with van der Waals surface area (Å²) in [6.45, 7) is 4.66. The summed E-state index contributed by atoms with van der Waals surface area (Å²) >= 11 is 1.71. The van der Waals surface area contributed by atoms with Crippen molar-refractivity contribution in [2.24, 2.45) is 0 Å². The molecule has 0 saturated heterocycles. The first-order chi connectivity index (χ1) is 11.5. The molecular formula is C17H26N4O2S. The van der Waals surface area contributed by atoms with E-state index in [4.69, 9.17) is 4.52 Å². The molecule has 0 saturated carbocycles. The standard InChI is InChI=1S/C17H26N4O2S/c1-12(2)17-19-16(23-20-17)9-5-8-15(22)18-11-13(21(3)4)14-7-6-10-24-14/h6-7,10,12-13H,5,8-9,11H2,1-4H3,(H,18,22). The second-order valence-corrected chi connectivity index (χ2v) is 7.33. The van der Waals surface area contributed by atoms with E-state index in [-0.39, 0.29) is 17.9 Å². The van der Waals surface area contributed by atoms with Gasteiger partial charge >= 0.3 is 0 Å². The Morgan fingerprint density at radius 3 is 2.79 bits per heavy atom. The highest BCUT2D eigenvalue weighted by Gasteiger charge is 2.16. The summed E-state index contributed by atoms with van der Waals surface area (Å²) in [7, 11) is 4.05. The fraction of sp³-hybridized carbons (Fsp3) is 0.588. The molecule has 132 valence electrons. The number of amides is 1. The van der Waals surface area contributed by atoms with Crippen LogP contribution in [0.5, 0.6) is 0 Å². The molecule has 0 radical (unpaired) electrons. The maximum Gasteiger partial charge on any atom is 0.226 e. The number of thiophene rings is 1. The highest BCUT2D eigenvalue weighted by Crippen LogP contribution is 2.22. The Labute approximate surface area is 147 Å². The molecule has 0 aliphatic heterocycles. The SMILES string of the molecule is CC(C)c1noc(CCCC(=O)NCC(c2cccs2)N(C)C)n1. The topological polar surface area (TPSA) is 71.3 Å². The van der Waals surface area contributed by atoms with Crippen LogP contribution in [0.4, 0.5) is 0 Å². The molecule has 2 aromatic heterocycles. The monoisotopic (exact) mass is 350 g/mol. The number of nitrogens with zero attached hydrogens (tertiary/aromatic N) is 3. The van der Waals surface area contributed by atoms with Crippen molar-refractivity contribution >= 4 is 17.2 Å². The summed E-state index contributed by atoms with van der Waals surface area (Å²) in [6.07, 6.45) is 1.80. The van der Waals surface area contributed by atoms with E-state index in [1.165, 1.54) is 4.88 Å². The molecule has 0 bridgehead atoms. The summed E-state index contributed by atoms with van der Waals surface area (Å²) in [5, 5.41) is 9.01. The summed E-state index contributed by atoms with van der Waals surface area (Å²) < 4.78 is 5.19. The van der Waals surface area contributed by atoms with Gasteiger partial charge in [0.25, 0.3) is 0 Å². The predicted octanol–water partition coefficient (Wildman–Crippen LogP) is 3.00. The number of aryl methyl sites for hydroxylation is 1. The Bertz CT molecular complexity index is 622. The van der Waals surface area contributed by atoms with E-state index in [1.54, 1.807) is 11.3 Å². The summed E-state index contributed by atoms with van der Waals surface area (Å²) in [5.74, 6) is 1.64. The quantitative estimate of drug-likeness (QED) is 0.753. The smallest absolute Gasteiger partial charge is 0.226 e. The van der Waals surface area contributed by atoms with Gasteiger partial charge in [0, 0.05) is 30.2 Å². The van der Waals surface area contributed by atoms with Crippen molar-refractivity contribution in [2.75, 3.05) is 20.6 Å². The van der Waals surface area contributed by atoms with Crippen molar-refractivity contribution in [3.05, 3.63) is 34.1 Å². The lowest BCUT2D eigenvalue weighted by atomic mass is 10.2. The van der Waals surface area contributed by atoms with E-state index in [2.05, 4.69) is 31.8 Å². The minimum atomic E-state index is 0.0574. The molecular weight excluding hydrogens is 324 g/mol. The van der Waals surface area contributed by atoms with Gasteiger partial charge in [0.2, 0.25) is 11.8 Å². The zero-order valence-electron chi connectivity index (χ0n) is 14.8. The molecule has 2 heterocycles. The summed E-state index contributed by atoms with van der Waals surface area (Å²) in [4.78, 5) is 19.8. The lowest BCUT2D eigenvalue weighted by molar-refractivity contribution is -0.121. The minimum absolute atomic E-state index is 0.0574. The van der Waals surface area contributed by atoms with Gasteiger partial charge in [-0.25, -0.2) is 0 Å². The summed E-state index contributed by atoms with van der Waals surface area (Å²) in [5.41, 5.74) is 0. The van der Waals surface area contributed by atoms with Crippen LogP contribution in [0.25, 0.3) is 0 Å². The van der Waals surface area contributed by atoms with Gasteiger partial charge in [0.15, 0.2) is 5.82 Å². The first-order valence-corrected chi connectivity index (χ1v) is 9.14. The van der Waals surface area contributed by atoms with Crippen LogP contribution < -0.4 is 5.32 Å². The van der Waals surface area contributed by atoms with E-state index in [9.17, 15) is 4.79 Å². The molecule has 24 heavy (non-hydrogen) atoms. The number of carbonyl (C=O) groups is 1. The third-order valence-electron chi connectivity index (χ3n) is 3.78. The molecule has 0 aliphatic carbocycles. The van der Waals surface area contributed by atoms with Gasteiger partial charge in [-0.05, 0) is 32.0 Å². The van der Waals surface area contributed by atoms with Crippen molar-refractivity contribution in [2.45, 2.75) is 45.1 Å². The van der Waals surface area contributed by atoms with Gasteiger partial charge in [-0.2, -0.15) is 4.98 Å². The van der Waals surface area contributed by atoms with Crippen molar-refractivity contribution < 1.29 is 9.32 Å². The number of rotatable bonds is 9. The summed E-state index contributed by atoms with van der Waals surface area (Å²) in [6, 6.07) is 4.34. The first kappa shape index (κ1) is 18.6. The lowest BCUT2D eigenvalue weighted by Gasteiger charge is -2.23. The molecule has 2 rings (SSSR count). The molecule has 1 atom stereocenters. The second-order valence-electron chi connectivity index (χ2n) is 6.35. The van der Waals surface area contributed by atoms with E-state index in [0.29, 0.717) is 31.7 Å². The maximum absolute atomic E-state index is 12.1. The number of likely N-dealkylation sites (N-methyl/N-ethyl adjacent to an activating group) is 1. The fourth-order valence-electron chi connectivity index (χ4n) is 2.32. The van der Waals surface area contributed by atoms with Crippen LogP contribution in [0.15, 0.2) is 22.0 Å². The van der Waals surface area contributed by atoms with Gasteiger partial charge in [-0.1, -0.05) is 25.1 Å². The highest BCUT2D eigenvalue weighted by atomic mass is 32.1. The van der Waals surface area contributed by atoms with E-state index >= 15 is 0 Å². The number of nitrogens with one attached hydrogen (secondary N) is 1. The van der Waals surface area contributed by atoms with Gasteiger partial charge < -0.3 is 14.7 Å². The van der Waals surface area contributed by atoms with Crippen LogP contribution in [0.3, 0.4) is 0 Å². The fourth-order valence-corrected chi connectivity index (χ4v) is 3.24. The molecule has 0 aromatic carbocycles. The zero-order valence-corrected chi connectivity index (χ0v) is 15.6. The lowest BCUT2D eigenvalue weighted by Crippen LogP contribution is -2.34. The Hall–Kier alpha value is -1.73. The molecule has 0 spiro atoms. The van der Waals surface area contributed by atoms with Crippen molar-refractivity contribution in [1.82, 2.24) is 20.4 Å². The van der Waals surface area contributed by atoms with Gasteiger partial charge in [-0.3, -0.25) is 4.79 Å². The third-order valence-corrected chi connectivity index (χ3v) is 4.76. The van der Waals surface area contributed by atoms with Crippen LogP contribution >= 0.6 is 11.3 Å². The van der Waals surface area contributed by atoms with Crippen LogP contribution in [-0.4, -0.2) is 41.6 Å². The van der Waals surface area contributed by atoms with Crippen LogP contribution in [0, 0.1) is 0 Å². The van der Waals surface area contributed by atoms with Crippen molar-refractivity contribution in [3.63, 3.8) is 0 Å². The number of hydrogen-bond donors (Lipinski definition) is 1. The van der Waals surface area contributed by atoms with Crippen LogP contribution in [0.1, 0.15) is 55.2 Å². The number of aromatic nitrogens is 2. The first-order valence-electron chi connectivity index (χ1n) is 8.26. The Morgan fingerprint density at radius 2 is 2.21 bits per heavy atom. The van der Waals surface area contributed by atoms with Crippen molar-refractivity contribution in [3.8, 4) is 0 Å². The molecule has 1 N–H and O–H groups in total. The highest BCUT2D eigenvalue weighted by molar-refractivity contribution is 7.10. The number of carbonyl (C=O) groups excluding carboxylic acids is 1. The minimum Gasteiger partial charge on any atom is -0.354 e. The van der Waals surface area contributed by atoms with Gasteiger partial charge in [0.1, 0.15) is 0 Å². The Morgan fingerprint density at radius 1 is 1.42 bits per heavy atom. The van der Waals surface area contributed by atoms with Crippen LogP contribution in [-0.2, 0) is 11.2 Å². The second kappa shape index (κ2) is 8.94. The molecule has 2 aromatic rings. The van der Waals surface area contributed by atoms with Gasteiger partial charge in [-0.15, -0.1) is 11.3 Å². The average molecular weight is 350 g/mol. The third kappa shape index (κ3) is 5.42. The Kier molecular flexibility index (Phi) is 6.93. The maximum atomic E-state index is 12.1.